The summed E-state index contributed by atoms with van der Waals surface area (Å²) in [5, 5.41) is 4.22. The maximum Gasteiger partial charge on any atom is 0.250 e. The lowest BCUT2D eigenvalue weighted by molar-refractivity contribution is -0.122. The van der Waals surface area contributed by atoms with Crippen LogP contribution in [0.4, 0.5) is 4.39 Å². The molecule has 1 amide bonds. The van der Waals surface area contributed by atoms with Crippen LogP contribution in [0.2, 0.25) is 0 Å². The summed E-state index contributed by atoms with van der Waals surface area (Å²) >= 11 is 0. The second kappa shape index (κ2) is 9.70. The lowest BCUT2D eigenvalue weighted by atomic mass is 9.89. The molecule has 2 aromatic heterocycles. The van der Waals surface area contributed by atoms with Gasteiger partial charge >= 0.3 is 0 Å². The van der Waals surface area contributed by atoms with Crippen molar-refractivity contribution >= 4 is 32.4 Å². The number of nitrogens with zero attached hydrogens (tertiary/aromatic N) is 3. The molecular weight excluding hydrogens is 487 g/mol. The number of primary amides is 1. The fourth-order valence-corrected chi connectivity index (χ4v) is 6.62. The molecule has 36 heavy (non-hydrogen) atoms. The van der Waals surface area contributed by atoms with Gasteiger partial charge in [-0.05, 0) is 62.3 Å². The van der Waals surface area contributed by atoms with Crippen molar-refractivity contribution in [2.24, 2.45) is 11.7 Å². The second-order valence-electron chi connectivity index (χ2n) is 9.52. The van der Waals surface area contributed by atoms with Gasteiger partial charge in [0.25, 0.3) is 0 Å². The number of fused-ring (bicyclic) bond motifs is 1. The summed E-state index contributed by atoms with van der Waals surface area (Å²) < 4.78 is 47.6. The summed E-state index contributed by atoms with van der Waals surface area (Å²) in [6.07, 6.45) is 5.84. The minimum atomic E-state index is -3.68. The first kappa shape index (κ1) is 24.5. The number of halogens is 1. The minimum absolute atomic E-state index is 0.0309. The molecule has 1 unspecified atom stereocenters. The number of hydrogen-bond donors (Lipinski definition) is 1. The van der Waals surface area contributed by atoms with E-state index in [2.05, 4.69) is 10.1 Å². The van der Waals surface area contributed by atoms with Gasteiger partial charge in [-0.15, -0.1) is 0 Å². The van der Waals surface area contributed by atoms with Crippen LogP contribution in [0.3, 0.4) is 0 Å². The van der Waals surface area contributed by atoms with E-state index in [9.17, 15) is 22.4 Å². The lowest BCUT2D eigenvalue weighted by Crippen LogP contribution is -2.27. The smallest absolute Gasteiger partial charge is 0.250 e. The van der Waals surface area contributed by atoms with Crippen molar-refractivity contribution in [1.29, 1.82) is 0 Å². The van der Waals surface area contributed by atoms with Crippen molar-refractivity contribution in [3.05, 3.63) is 53.7 Å². The van der Waals surface area contributed by atoms with Crippen molar-refractivity contribution in [2.45, 2.75) is 54.7 Å². The third-order valence-corrected chi connectivity index (χ3v) is 9.24. The van der Waals surface area contributed by atoms with Crippen LogP contribution in [0.5, 0.6) is 0 Å². The van der Waals surface area contributed by atoms with Crippen LogP contribution in [0.1, 0.15) is 54.2 Å². The standard InChI is InChI=1S/C25H27FN4O5S/c26-17-10-21-20(24(11-17)36(33,34)19-3-4-19)14-29-30(21)22(9-15-5-7-35-8-6-15)23(31)12-18-2-1-16(13-28-18)25(27)32/h1-2,10-11,13-15,19,22H,3-9,12H2,(H2,27,32). The Kier molecular flexibility index (Phi) is 6.60. The highest BCUT2D eigenvalue weighted by atomic mass is 32.2. The molecule has 9 nitrogen and oxygen atoms in total. The Bertz CT molecular complexity index is 1410. The van der Waals surface area contributed by atoms with E-state index >= 15 is 0 Å². The maximum atomic E-state index is 14.7. The van der Waals surface area contributed by atoms with E-state index in [0.29, 0.717) is 43.6 Å². The Labute approximate surface area is 207 Å². The second-order valence-corrected chi connectivity index (χ2v) is 11.7. The summed E-state index contributed by atoms with van der Waals surface area (Å²) in [7, 11) is -3.68. The molecule has 190 valence electrons. The summed E-state index contributed by atoms with van der Waals surface area (Å²) in [5.74, 6) is -1.30. The zero-order valence-electron chi connectivity index (χ0n) is 19.6. The number of amides is 1. The van der Waals surface area contributed by atoms with E-state index in [1.54, 1.807) is 6.07 Å². The van der Waals surface area contributed by atoms with Crippen LogP contribution in [0.15, 0.2) is 41.6 Å². The number of hydrogen-bond acceptors (Lipinski definition) is 7. The zero-order valence-corrected chi connectivity index (χ0v) is 20.4. The van der Waals surface area contributed by atoms with E-state index in [1.807, 2.05) is 0 Å². The van der Waals surface area contributed by atoms with Gasteiger partial charge < -0.3 is 10.5 Å². The molecule has 2 aliphatic rings. The van der Waals surface area contributed by atoms with Gasteiger partial charge in [0.1, 0.15) is 11.9 Å². The molecule has 1 aliphatic carbocycles. The van der Waals surface area contributed by atoms with E-state index < -0.39 is 32.9 Å². The van der Waals surface area contributed by atoms with Crippen LogP contribution in [0.25, 0.3) is 10.9 Å². The van der Waals surface area contributed by atoms with Gasteiger partial charge in [-0.2, -0.15) is 5.10 Å². The minimum Gasteiger partial charge on any atom is -0.381 e. The van der Waals surface area contributed by atoms with E-state index in [4.69, 9.17) is 10.5 Å². The normalized spacial score (nSPS) is 17.8. The molecule has 1 atom stereocenters. The number of Topliss-reactive ketones (excluding diaryl/α,β-unsaturated/α-hetero) is 1. The van der Waals surface area contributed by atoms with Crippen molar-refractivity contribution in [2.75, 3.05) is 13.2 Å². The number of carbonyl (C=O) groups excluding carboxylic acids is 2. The van der Waals surface area contributed by atoms with Crippen molar-refractivity contribution < 1.29 is 27.1 Å². The lowest BCUT2D eigenvalue weighted by Gasteiger charge is -2.26. The fraction of sp³-hybridized carbons (Fsp3) is 0.440. The summed E-state index contributed by atoms with van der Waals surface area (Å²) in [6.45, 7) is 1.19. The number of carbonyl (C=O) groups is 2. The van der Waals surface area contributed by atoms with Gasteiger partial charge in [-0.25, -0.2) is 12.8 Å². The Balaban J connectivity index is 1.52. The molecule has 3 heterocycles. The Hall–Kier alpha value is -3.18. The van der Waals surface area contributed by atoms with Crippen LogP contribution in [-0.2, 0) is 25.8 Å². The molecule has 5 rings (SSSR count). The molecule has 11 heteroatoms. The first-order chi connectivity index (χ1) is 17.2. The molecule has 3 aromatic rings. The average molecular weight is 515 g/mol. The van der Waals surface area contributed by atoms with Gasteiger partial charge in [0.15, 0.2) is 15.6 Å². The topological polar surface area (TPSA) is 134 Å². The third-order valence-electron chi connectivity index (χ3n) is 6.94. The molecule has 1 aromatic carbocycles. The van der Waals surface area contributed by atoms with Crippen LogP contribution in [-0.4, -0.2) is 53.3 Å². The summed E-state index contributed by atoms with van der Waals surface area (Å²) in [4.78, 5) is 29.0. The highest BCUT2D eigenvalue weighted by Crippen LogP contribution is 2.38. The Morgan fingerprint density at radius 2 is 1.89 bits per heavy atom. The molecule has 2 fully saturated rings. The number of benzene rings is 1. The van der Waals surface area contributed by atoms with E-state index in [1.165, 1.54) is 29.2 Å². The van der Waals surface area contributed by atoms with Gasteiger partial charge in [0.2, 0.25) is 5.91 Å². The summed E-state index contributed by atoms with van der Waals surface area (Å²) in [5.41, 5.74) is 6.24. The van der Waals surface area contributed by atoms with Crippen molar-refractivity contribution in [1.82, 2.24) is 14.8 Å². The third kappa shape index (κ3) is 4.90. The van der Waals surface area contributed by atoms with Crippen molar-refractivity contribution in [3.8, 4) is 0 Å². The van der Waals surface area contributed by atoms with Crippen LogP contribution in [0, 0.1) is 11.7 Å². The number of sulfone groups is 1. The highest BCUT2D eigenvalue weighted by molar-refractivity contribution is 7.92. The fourth-order valence-electron chi connectivity index (χ4n) is 4.76. The molecule has 0 radical (unpaired) electrons. The number of aromatic nitrogens is 3. The predicted octanol–water partition coefficient (Wildman–Crippen LogP) is 2.78. The van der Waals surface area contributed by atoms with Gasteiger partial charge in [0.05, 0.1) is 33.8 Å². The number of rotatable bonds is 9. The van der Waals surface area contributed by atoms with Gasteiger partial charge in [0, 0.05) is 30.5 Å². The van der Waals surface area contributed by atoms with E-state index in [-0.39, 0.29) is 34.1 Å². The quantitative estimate of drug-likeness (QED) is 0.464. The largest absolute Gasteiger partial charge is 0.381 e. The molecule has 0 bridgehead atoms. The Morgan fingerprint density at radius 3 is 2.53 bits per heavy atom. The SMILES string of the molecule is NC(=O)c1ccc(CC(=O)C(CC2CCOCC2)n2ncc3c(S(=O)(=O)C4CC4)cc(F)cc32)nc1. The predicted molar refractivity (Wildman–Crippen MR) is 129 cm³/mol. The first-order valence-electron chi connectivity index (χ1n) is 12.0. The monoisotopic (exact) mass is 514 g/mol. The molecule has 0 spiro atoms. The first-order valence-corrected chi connectivity index (χ1v) is 13.5. The zero-order chi connectivity index (χ0) is 25.4. The highest BCUT2D eigenvalue weighted by Gasteiger charge is 2.39. The number of ketones is 1. The van der Waals surface area contributed by atoms with Crippen molar-refractivity contribution in [3.63, 3.8) is 0 Å². The average Bonchev–Trinajstić information content (AvgIpc) is 3.64. The number of ether oxygens (including phenoxy) is 1. The number of pyridine rings is 1. The molecule has 1 saturated carbocycles. The molecule has 1 saturated heterocycles. The van der Waals surface area contributed by atoms with Crippen LogP contribution < -0.4 is 5.73 Å². The number of nitrogens with two attached hydrogens (primary N) is 1. The molecular formula is C25H27FN4O5S. The molecule has 1 aliphatic heterocycles. The van der Waals surface area contributed by atoms with Gasteiger partial charge in [-0.3, -0.25) is 19.3 Å². The summed E-state index contributed by atoms with van der Waals surface area (Å²) in [6, 6.07) is 4.62. The van der Waals surface area contributed by atoms with Gasteiger partial charge in [-0.1, -0.05) is 0 Å². The maximum absolute atomic E-state index is 14.7. The Morgan fingerprint density at radius 1 is 1.14 bits per heavy atom. The van der Waals surface area contributed by atoms with Crippen LogP contribution >= 0.6 is 0 Å². The van der Waals surface area contributed by atoms with E-state index in [0.717, 1.165) is 18.9 Å². The molecule has 2 N–H and O–H groups in total.